The predicted octanol–water partition coefficient (Wildman–Crippen LogP) is 14.4. The Labute approximate surface area is 355 Å². The third-order valence-electron chi connectivity index (χ3n) is 11.3. The molecular weight excluding hydrogens is 753 g/mol. The normalized spacial score (nSPS) is 17.1. The molecule has 0 saturated heterocycles. The SMILES string of the molecule is C=Cc1ccc(CSc2nnc(SC3=C(/C=C/C(=N\CCCC)C(C)(C)c4ccccc4CC)CC/C3=C\C=C3\N(CCCC)c4ccccc4C3(C)C)s2)cc1. The van der Waals surface area contributed by atoms with Crippen LogP contribution in [0.3, 0.4) is 0 Å². The third kappa shape index (κ3) is 10.0. The van der Waals surface area contributed by atoms with Crippen molar-refractivity contribution < 1.29 is 0 Å². The first-order valence-electron chi connectivity index (χ1n) is 20.8. The molecule has 0 spiro atoms. The second kappa shape index (κ2) is 19.7. The highest BCUT2D eigenvalue weighted by Crippen LogP contribution is 2.49. The van der Waals surface area contributed by atoms with Gasteiger partial charge in [-0.3, -0.25) is 4.99 Å². The fourth-order valence-electron chi connectivity index (χ4n) is 7.88. The molecule has 1 aromatic heterocycles. The van der Waals surface area contributed by atoms with Gasteiger partial charge in [0.05, 0.1) is 0 Å². The maximum absolute atomic E-state index is 5.28. The first-order chi connectivity index (χ1) is 27.6. The van der Waals surface area contributed by atoms with Crippen LogP contribution in [0, 0.1) is 0 Å². The van der Waals surface area contributed by atoms with E-state index in [1.54, 1.807) is 34.9 Å². The van der Waals surface area contributed by atoms with E-state index in [0.717, 1.165) is 77.3 Å². The van der Waals surface area contributed by atoms with Gasteiger partial charge in [-0.05, 0) is 89.3 Å². The summed E-state index contributed by atoms with van der Waals surface area (Å²) in [5, 5.41) is 9.37. The fraction of sp³-hybridized carbons (Fsp3) is 0.380. The van der Waals surface area contributed by atoms with Crippen LogP contribution in [0.25, 0.3) is 6.08 Å². The Hall–Kier alpha value is -3.91. The summed E-state index contributed by atoms with van der Waals surface area (Å²) >= 11 is 5.23. The van der Waals surface area contributed by atoms with Crippen molar-refractivity contribution in [1.82, 2.24) is 10.2 Å². The quantitative estimate of drug-likeness (QED) is 0.0569. The number of anilines is 1. The lowest BCUT2D eigenvalue weighted by atomic mass is 9.76. The minimum Gasteiger partial charge on any atom is -0.344 e. The van der Waals surface area contributed by atoms with E-state index >= 15 is 0 Å². The molecule has 0 unspecified atom stereocenters. The lowest BCUT2D eigenvalue weighted by molar-refractivity contribution is 0.624. The Bertz CT molecular complexity index is 2160. The summed E-state index contributed by atoms with van der Waals surface area (Å²) in [5.74, 6) is 0.857. The number of aliphatic imine (C=N–C) groups is 1. The van der Waals surface area contributed by atoms with E-state index < -0.39 is 0 Å². The molecule has 57 heavy (non-hydrogen) atoms. The number of benzene rings is 3. The molecule has 4 nitrogen and oxygen atoms in total. The third-order valence-corrected chi connectivity index (χ3v) is 14.7. The van der Waals surface area contributed by atoms with Gasteiger partial charge in [0.1, 0.15) is 0 Å². The van der Waals surface area contributed by atoms with Crippen molar-refractivity contribution in [3.05, 3.63) is 153 Å². The van der Waals surface area contributed by atoms with Gasteiger partial charge >= 0.3 is 0 Å². The van der Waals surface area contributed by atoms with Crippen LogP contribution >= 0.6 is 34.9 Å². The number of allylic oxidation sites excluding steroid dienone is 7. The largest absolute Gasteiger partial charge is 0.344 e. The number of thioether (sulfide) groups is 2. The number of unbranched alkanes of at least 4 members (excludes halogenated alkanes) is 2. The molecular formula is C50H60N4S3. The van der Waals surface area contributed by atoms with E-state index in [-0.39, 0.29) is 10.8 Å². The van der Waals surface area contributed by atoms with Gasteiger partial charge in [0.25, 0.3) is 0 Å². The van der Waals surface area contributed by atoms with Crippen molar-refractivity contribution >= 4 is 52.3 Å². The molecule has 298 valence electrons. The highest BCUT2D eigenvalue weighted by molar-refractivity contribution is 8.05. The summed E-state index contributed by atoms with van der Waals surface area (Å²) in [6.07, 6.45) is 18.9. The predicted molar refractivity (Wildman–Crippen MR) is 251 cm³/mol. The molecule has 2 heterocycles. The zero-order chi connectivity index (χ0) is 40.4. The molecule has 0 amide bonds. The highest BCUT2D eigenvalue weighted by atomic mass is 32.2. The van der Waals surface area contributed by atoms with Crippen LogP contribution in [0.5, 0.6) is 0 Å². The van der Waals surface area contributed by atoms with Crippen LogP contribution in [0.4, 0.5) is 5.69 Å². The Kier molecular flexibility index (Phi) is 14.7. The monoisotopic (exact) mass is 812 g/mol. The molecule has 0 radical (unpaired) electrons. The summed E-state index contributed by atoms with van der Waals surface area (Å²) in [4.78, 5) is 9.15. The van der Waals surface area contributed by atoms with Gasteiger partial charge in [-0.2, -0.15) is 0 Å². The molecule has 0 atom stereocenters. The highest BCUT2D eigenvalue weighted by Gasteiger charge is 2.39. The molecule has 0 saturated carbocycles. The van der Waals surface area contributed by atoms with Crippen molar-refractivity contribution in [2.75, 3.05) is 18.0 Å². The molecule has 4 aromatic rings. The number of nitrogens with zero attached hydrogens (tertiary/aromatic N) is 4. The zero-order valence-electron chi connectivity index (χ0n) is 35.1. The van der Waals surface area contributed by atoms with Gasteiger partial charge in [-0.15, -0.1) is 10.2 Å². The average molecular weight is 813 g/mol. The maximum atomic E-state index is 5.28. The molecule has 1 aliphatic carbocycles. The van der Waals surface area contributed by atoms with Crippen molar-refractivity contribution in [2.24, 2.45) is 4.99 Å². The minimum atomic E-state index is -0.227. The lowest BCUT2D eigenvalue weighted by Crippen LogP contribution is -2.29. The molecule has 0 fully saturated rings. The number of aryl methyl sites for hydroxylation is 1. The molecule has 0 N–H and O–H groups in total. The molecule has 7 heteroatoms. The van der Waals surface area contributed by atoms with Gasteiger partial charge in [0.15, 0.2) is 8.68 Å². The summed E-state index contributed by atoms with van der Waals surface area (Å²) in [6.45, 7) is 22.0. The van der Waals surface area contributed by atoms with Crippen LogP contribution in [0.15, 0.2) is 139 Å². The van der Waals surface area contributed by atoms with Gasteiger partial charge in [-0.25, -0.2) is 0 Å². The first-order valence-corrected chi connectivity index (χ1v) is 23.4. The number of aromatic nitrogens is 2. The number of para-hydroxylation sites is 1. The summed E-state index contributed by atoms with van der Waals surface area (Å²) in [6, 6.07) is 26.4. The molecule has 6 rings (SSSR count). The zero-order valence-corrected chi connectivity index (χ0v) is 37.6. The molecule has 0 bridgehead atoms. The Morgan fingerprint density at radius 2 is 1.65 bits per heavy atom. The van der Waals surface area contributed by atoms with Gasteiger partial charge < -0.3 is 4.90 Å². The summed E-state index contributed by atoms with van der Waals surface area (Å²) in [5.41, 5.74) is 12.8. The second-order valence-electron chi connectivity index (χ2n) is 16.0. The number of hydrogen-bond acceptors (Lipinski definition) is 7. The summed E-state index contributed by atoms with van der Waals surface area (Å²) < 4.78 is 1.97. The van der Waals surface area contributed by atoms with Crippen LogP contribution < -0.4 is 4.90 Å². The van der Waals surface area contributed by atoms with E-state index in [1.165, 1.54) is 56.1 Å². The fourth-order valence-corrected chi connectivity index (χ4v) is 11.1. The average Bonchev–Trinajstić information content (AvgIpc) is 3.90. The minimum absolute atomic E-state index is 0.0820. The van der Waals surface area contributed by atoms with E-state index in [4.69, 9.17) is 10.1 Å². The van der Waals surface area contributed by atoms with E-state index in [1.807, 2.05) is 6.08 Å². The van der Waals surface area contributed by atoms with E-state index in [2.05, 4.69) is 162 Å². The number of hydrogen-bond donors (Lipinski definition) is 0. The molecule has 1 aliphatic heterocycles. The smallest absolute Gasteiger partial charge is 0.179 e. The van der Waals surface area contributed by atoms with Crippen LogP contribution in [-0.4, -0.2) is 29.0 Å². The number of fused-ring (bicyclic) bond motifs is 1. The Morgan fingerprint density at radius 1 is 0.912 bits per heavy atom. The van der Waals surface area contributed by atoms with Crippen molar-refractivity contribution in [3.8, 4) is 0 Å². The van der Waals surface area contributed by atoms with Crippen molar-refractivity contribution in [1.29, 1.82) is 0 Å². The lowest BCUT2D eigenvalue weighted by Gasteiger charge is -2.28. The Balaban J connectivity index is 1.36. The van der Waals surface area contributed by atoms with E-state index in [9.17, 15) is 0 Å². The first kappa shape index (κ1) is 42.7. The standard InChI is InChI=1S/C50H60N4S3/c1-9-13-33-51-44(49(5,6)41-20-16-15-19-38(41)12-4)31-29-39-27-28-40(30-32-45-50(7,8)42-21-17-18-22-43(42)54(45)34-14-10-2)46(39)56-48-53-52-47(57-48)55-35-37-25-23-36(11-3)24-26-37/h11,15-26,29-32H,3,9-10,12-14,27-28,33-35H2,1-2,4-8H3/b31-29+,40-30+,45-32+,51-44+. The Morgan fingerprint density at radius 3 is 2.40 bits per heavy atom. The van der Waals surface area contributed by atoms with Crippen LogP contribution in [0.2, 0.25) is 0 Å². The van der Waals surface area contributed by atoms with E-state index in [0.29, 0.717) is 0 Å². The van der Waals surface area contributed by atoms with Crippen LogP contribution in [0.1, 0.15) is 115 Å². The summed E-state index contributed by atoms with van der Waals surface area (Å²) in [7, 11) is 0. The van der Waals surface area contributed by atoms with Crippen LogP contribution in [-0.2, 0) is 23.0 Å². The second-order valence-corrected chi connectivity index (χ2v) is 19.5. The van der Waals surface area contributed by atoms with Gasteiger partial charge in [-0.1, -0.05) is 188 Å². The topological polar surface area (TPSA) is 41.4 Å². The number of rotatable bonds is 18. The van der Waals surface area contributed by atoms with Crippen molar-refractivity contribution in [2.45, 2.75) is 119 Å². The van der Waals surface area contributed by atoms with Crippen molar-refractivity contribution in [3.63, 3.8) is 0 Å². The molecule has 3 aromatic carbocycles. The molecule has 2 aliphatic rings. The van der Waals surface area contributed by atoms with Gasteiger partial charge in [0, 0.05) is 51.7 Å². The maximum Gasteiger partial charge on any atom is 0.179 e. The van der Waals surface area contributed by atoms with Gasteiger partial charge in [0.2, 0.25) is 0 Å².